The van der Waals surface area contributed by atoms with Crippen LogP contribution in [-0.2, 0) is 5.41 Å². The van der Waals surface area contributed by atoms with Crippen LogP contribution in [0.1, 0.15) is 95.4 Å². The van der Waals surface area contributed by atoms with Crippen LogP contribution in [0.25, 0.3) is 11.1 Å². The lowest BCUT2D eigenvalue weighted by Crippen LogP contribution is -2.34. The first-order chi connectivity index (χ1) is 28.7. The second-order valence-corrected chi connectivity index (χ2v) is 17.4. The molecular weight excluding hydrogens is 703 g/mol. The van der Waals surface area contributed by atoms with Gasteiger partial charge < -0.3 is 4.74 Å². The van der Waals surface area contributed by atoms with Crippen LogP contribution in [0.3, 0.4) is 0 Å². The molecule has 2 nitrogen and oxygen atoms in total. The van der Waals surface area contributed by atoms with E-state index in [1.807, 2.05) is 12.1 Å². The second-order valence-electron chi connectivity index (χ2n) is 17.4. The highest BCUT2D eigenvalue weighted by molar-refractivity contribution is 5.94. The zero-order valence-electron chi connectivity index (χ0n) is 32.7. The Morgan fingerprint density at radius 1 is 0.724 bits per heavy atom. The van der Waals surface area contributed by atoms with Gasteiger partial charge in [0.25, 0.3) is 0 Å². The summed E-state index contributed by atoms with van der Waals surface area (Å²) in [6.45, 7) is 0. The van der Waals surface area contributed by atoms with Gasteiger partial charge in [-0.25, -0.2) is 0 Å². The number of nitriles is 1. The number of hydrogen-bond acceptors (Lipinski definition) is 2. The van der Waals surface area contributed by atoms with Crippen molar-refractivity contribution in [3.05, 3.63) is 225 Å². The standard InChI is InChI=1S/C56H45NO/c57-34-35-25-29-52-50(31-35)56(48-23-10-8-16-41(48)42-17-9-11-24-49(42)56)51-33-39(27-30-53(51)58-52)54-44-18-4-6-20-46(44)55(47-21-7-5-19-45(47)54)43-22-12-15-38-32-37(26-28-40(38)43)36-13-2-1-3-14-36/h2,4-10,12-13,15-23,25,27,29-33,36,38,40,46,55H,1,3,11,14,24,26,28H2. The Hall–Kier alpha value is -6.17. The predicted molar refractivity (Wildman–Crippen MR) is 234 cm³/mol. The molecule has 0 N–H and O–H groups in total. The monoisotopic (exact) mass is 747 g/mol. The summed E-state index contributed by atoms with van der Waals surface area (Å²) in [5.41, 5.74) is 17.5. The van der Waals surface area contributed by atoms with Crippen LogP contribution >= 0.6 is 0 Å². The van der Waals surface area contributed by atoms with Gasteiger partial charge in [-0.05, 0) is 137 Å². The van der Waals surface area contributed by atoms with E-state index in [0.29, 0.717) is 23.3 Å². The average Bonchev–Trinajstić information content (AvgIpc) is 3.58. The molecule has 0 aromatic heterocycles. The van der Waals surface area contributed by atoms with Gasteiger partial charge in [0.1, 0.15) is 11.5 Å². The highest BCUT2D eigenvalue weighted by Crippen LogP contribution is 2.64. The lowest BCUT2D eigenvalue weighted by Gasteiger charge is -2.44. The normalized spacial score (nSPS) is 27.9. The number of nitrogens with zero attached hydrogens (tertiary/aromatic N) is 1. The first-order valence-corrected chi connectivity index (χ1v) is 21.5. The number of hydrogen-bond donors (Lipinski definition) is 0. The lowest BCUT2D eigenvalue weighted by molar-refractivity contribution is 0.400. The number of ether oxygens (including phenoxy) is 1. The number of allylic oxidation sites excluding steroid dienone is 17. The van der Waals surface area contributed by atoms with Crippen molar-refractivity contribution in [2.75, 3.05) is 0 Å². The van der Waals surface area contributed by atoms with E-state index in [-0.39, 0.29) is 11.8 Å². The van der Waals surface area contributed by atoms with Gasteiger partial charge in [-0.2, -0.15) is 5.26 Å². The molecule has 7 aliphatic carbocycles. The Balaban J connectivity index is 1.03. The maximum atomic E-state index is 10.2. The van der Waals surface area contributed by atoms with Crippen molar-refractivity contribution in [2.24, 2.45) is 23.7 Å². The summed E-state index contributed by atoms with van der Waals surface area (Å²) in [5.74, 6) is 3.80. The molecule has 0 fully saturated rings. The van der Waals surface area contributed by atoms with Crippen molar-refractivity contribution in [1.29, 1.82) is 5.26 Å². The molecule has 0 saturated heterocycles. The van der Waals surface area contributed by atoms with Gasteiger partial charge in [0.05, 0.1) is 17.0 Å². The fourth-order valence-corrected chi connectivity index (χ4v) is 12.3. The molecule has 1 aliphatic heterocycles. The highest BCUT2D eigenvalue weighted by atomic mass is 16.5. The van der Waals surface area contributed by atoms with Crippen LogP contribution in [0.4, 0.5) is 0 Å². The molecule has 58 heavy (non-hydrogen) atoms. The van der Waals surface area contributed by atoms with E-state index >= 15 is 0 Å². The molecule has 6 unspecified atom stereocenters. The highest BCUT2D eigenvalue weighted by Gasteiger charge is 2.52. The molecule has 1 heterocycles. The van der Waals surface area contributed by atoms with Gasteiger partial charge >= 0.3 is 0 Å². The maximum absolute atomic E-state index is 10.2. The van der Waals surface area contributed by atoms with Crippen molar-refractivity contribution in [1.82, 2.24) is 0 Å². The molecule has 2 heteroatoms. The minimum absolute atomic E-state index is 0.227. The van der Waals surface area contributed by atoms with E-state index in [2.05, 4.69) is 152 Å². The minimum Gasteiger partial charge on any atom is -0.457 e. The first kappa shape index (κ1) is 33.9. The SMILES string of the molecule is N#Cc1ccc2c(c1)C1(C3=C(C=CCC3)c3ccccc31)c1cc(C3=C4C=CC=CC4C(C4=CC=CC5C=C(C6C=CCCC6)CCC45)c4ccccc43)ccc1O2. The summed E-state index contributed by atoms with van der Waals surface area (Å²) in [5, 5.41) is 10.2. The Kier molecular flexibility index (Phi) is 7.71. The summed E-state index contributed by atoms with van der Waals surface area (Å²) in [6.07, 6.45) is 37.1. The van der Waals surface area contributed by atoms with Gasteiger partial charge in [-0.15, -0.1) is 0 Å². The summed E-state index contributed by atoms with van der Waals surface area (Å²) in [7, 11) is 0. The van der Waals surface area contributed by atoms with Gasteiger partial charge in [0, 0.05) is 28.9 Å². The van der Waals surface area contributed by atoms with Gasteiger partial charge in [-0.3, -0.25) is 0 Å². The third-order valence-corrected chi connectivity index (χ3v) is 14.7. The molecule has 0 amide bonds. The molecule has 6 atom stereocenters. The van der Waals surface area contributed by atoms with Crippen molar-refractivity contribution in [2.45, 2.75) is 56.3 Å². The van der Waals surface area contributed by atoms with E-state index < -0.39 is 5.41 Å². The topological polar surface area (TPSA) is 33.0 Å². The zero-order valence-corrected chi connectivity index (χ0v) is 32.7. The molecule has 4 aromatic carbocycles. The quantitative estimate of drug-likeness (QED) is 0.196. The molecule has 12 rings (SSSR count). The van der Waals surface area contributed by atoms with Crippen molar-refractivity contribution in [3.63, 3.8) is 0 Å². The molecule has 0 saturated carbocycles. The van der Waals surface area contributed by atoms with Crippen molar-refractivity contribution in [3.8, 4) is 17.6 Å². The summed E-state index contributed by atoms with van der Waals surface area (Å²) in [4.78, 5) is 0. The molecule has 0 bridgehead atoms. The Morgan fingerprint density at radius 3 is 2.48 bits per heavy atom. The average molecular weight is 748 g/mol. The largest absolute Gasteiger partial charge is 0.457 e. The Bertz CT molecular complexity index is 2780. The van der Waals surface area contributed by atoms with Crippen LogP contribution < -0.4 is 4.74 Å². The minimum atomic E-state index is -0.568. The molecule has 280 valence electrons. The third-order valence-electron chi connectivity index (χ3n) is 14.7. The molecule has 0 radical (unpaired) electrons. The van der Waals surface area contributed by atoms with E-state index in [4.69, 9.17) is 4.74 Å². The van der Waals surface area contributed by atoms with E-state index in [0.717, 1.165) is 29.9 Å². The van der Waals surface area contributed by atoms with Gasteiger partial charge in [-0.1, -0.05) is 139 Å². The van der Waals surface area contributed by atoms with Crippen LogP contribution in [0.5, 0.6) is 11.5 Å². The first-order valence-electron chi connectivity index (χ1n) is 21.5. The van der Waals surface area contributed by atoms with E-state index in [9.17, 15) is 5.26 Å². The number of benzene rings is 4. The fourth-order valence-electron chi connectivity index (χ4n) is 12.3. The van der Waals surface area contributed by atoms with Crippen molar-refractivity contribution >= 4 is 11.1 Å². The number of fused-ring (bicyclic) bond motifs is 11. The molecule has 8 aliphatic rings. The van der Waals surface area contributed by atoms with Crippen LogP contribution in [0.2, 0.25) is 0 Å². The van der Waals surface area contributed by atoms with E-state index in [1.54, 1.807) is 11.1 Å². The van der Waals surface area contributed by atoms with Crippen LogP contribution in [0.15, 0.2) is 180 Å². The molecule has 4 aromatic rings. The summed E-state index contributed by atoms with van der Waals surface area (Å²) in [6, 6.07) is 33.6. The van der Waals surface area contributed by atoms with Crippen LogP contribution in [0, 0.1) is 35.0 Å². The Labute approximate surface area is 342 Å². The predicted octanol–water partition coefficient (Wildman–Crippen LogP) is 13.6. The second kappa shape index (κ2) is 13.2. The summed E-state index contributed by atoms with van der Waals surface area (Å²) >= 11 is 0. The lowest BCUT2D eigenvalue weighted by atomic mass is 9.60. The fraction of sp³-hybridized carbons (Fsp3) is 0.232. The van der Waals surface area contributed by atoms with Gasteiger partial charge in [0.15, 0.2) is 0 Å². The van der Waals surface area contributed by atoms with Crippen LogP contribution in [-0.4, -0.2) is 0 Å². The smallest absolute Gasteiger partial charge is 0.132 e. The number of rotatable bonds is 3. The van der Waals surface area contributed by atoms with E-state index in [1.165, 1.54) is 87.8 Å². The van der Waals surface area contributed by atoms with Gasteiger partial charge in [0.2, 0.25) is 0 Å². The molecule has 1 spiro atoms. The Morgan fingerprint density at radius 2 is 1.59 bits per heavy atom. The summed E-state index contributed by atoms with van der Waals surface area (Å²) < 4.78 is 6.86. The zero-order chi connectivity index (χ0) is 38.4. The third kappa shape index (κ3) is 4.83. The maximum Gasteiger partial charge on any atom is 0.132 e. The van der Waals surface area contributed by atoms with Crippen molar-refractivity contribution < 1.29 is 4.74 Å². The molecular formula is C56H45NO.